The number of hydrogen-bond donors (Lipinski definition) is 1. The van der Waals surface area contributed by atoms with Crippen molar-refractivity contribution in [1.29, 1.82) is 0 Å². The molecular formula is C13H20NO3+. The zero-order valence-electron chi connectivity index (χ0n) is 10.6. The zero-order chi connectivity index (χ0) is 12.9. The molecule has 0 atom stereocenters. The molecule has 0 aliphatic heterocycles. The molecule has 4 nitrogen and oxygen atoms in total. The minimum absolute atomic E-state index is 0.108. The topological polar surface area (TPSA) is 46.5 Å². The van der Waals surface area contributed by atoms with Crippen LogP contribution in [0.4, 0.5) is 0 Å². The summed E-state index contributed by atoms with van der Waals surface area (Å²) in [6, 6.07) is 7.83. The molecule has 0 aliphatic rings. The van der Waals surface area contributed by atoms with E-state index in [1.807, 2.05) is 45.3 Å². The summed E-state index contributed by atoms with van der Waals surface area (Å²) in [6.45, 7) is 3.30. The number of aryl methyl sites for hydroxylation is 1. The fourth-order valence-electron chi connectivity index (χ4n) is 1.56. The molecule has 1 rings (SSSR count). The van der Waals surface area contributed by atoms with E-state index in [1.165, 1.54) is 0 Å². The fraction of sp³-hybridized carbons (Fsp3) is 0.462. The number of hydrogen-bond acceptors (Lipinski definition) is 2. The van der Waals surface area contributed by atoms with Crippen LogP contribution in [-0.4, -0.2) is 49.4 Å². The normalized spacial score (nSPS) is 11.2. The molecule has 0 spiro atoms. The van der Waals surface area contributed by atoms with Gasteiger partial charge in [0.2, 0.25) is 0 Å². The SMILES string of the molecule is Cc1cccc(OCC[N+](C)(C)CC(=O)O)c1. The summed E-state index contributed by atoms with van der Waals surface area (Å²) in [5.41, 5.74) is 1.15. The maximum atomic E-state index is 10.6. The monoisotopic (exact) mass is 238 g/mol. The summed E-state index contributed by atoms with van der Waals surface area (Å²) >= 11 is 0. The van der Waals surface area contributed by atoms with Crippen molar-refractivity contribution >= 4 is 5.97 Å². The Bertz CT molecular complexity index is 388. The number of carboxylic acid groups (broad SMARTS) is 1. The first-order valence-corrected chi connectivity index (χ1v) is 5.62. The van der Waals surface area contributed by atoms with E-state index in [1.54, 1.807) is 0 Å². The van der Waals surface area contributed by atoms with E-state index in [4.69, 9.17) is 9.84 Å². The summed E-state index contributed by atoms with van der Waals surface area (Å²) in [4.78, 5) is 10.6. The highest BCUT2D eigenvalue weighted by Crippen LogP contribution is 2.12. The largest absolute Gasteiger partial charge is 0.488 e. The molecule has 0 radical (unpaired) electrons. The van der Waals surface area contributed by atoms with Crippen LogP contribution in [0.2, 0.25) is 0 Å². The quantitative estimate of drug-likeness (QED) is 0.765. The molecule has 0 saturated carbocycles. The van der Waals surface area contributed by atoms with Crippen LogP contribution < -0.4 is 4.74 Å². The maximum absolute atomic E-state index is 10.6. The second-order valence-electron chi connectivity index (χ2n) is 4.88. The van der Waals surface area contributed by atoms with Gasteiger partial charge in [0.1, 0.15) is 18.9 Å². The van der Waals surface area contributed by atoms with Gasteiger partial charge in [0.05, 0.1) is 14.1 Å². The van der Waals surface area contributed by atoms with Gasteiger partial charge in [-0.15, -0.1) is 0 Å². The average Bonchev–Trinajstić information content (AvgIpc) is 2.15. The van der Waals surface area contributed by atoms with Crippen molar-refractivity contribution in [3.63, 3.8) is 0 Å². The summed E-state index contributed by atoms with van der Waals surface area (Å²) in [5, 5.41) is 8.75. The highest BCUT2D eigenvalue weighted by atomic mass is 16.5. The van der Waals surface area contributed by atoms with Gasteiger partial charge >= 0.3 is 5.97 Å². The van der Waals surface area contributed by atoms with E-state index in [0.29, 0.717) is 17.6 Å². The lowest BCUT2D eigenvalue weighted by atomic mass is 10.2. The molecule has 0 amide bonds. The third kappa shape index (κ3) is 5.36. The maximum Gasteiger partial charge on any atom is 0.359 e. The van der Waals surface area contributed by atoms with E-state index < -0.39 is 5.97 Å². The number of aliphatic carboxylic acids is 1. The number of nitrogens with zero attached hydrogens (tertiary/aromatic N) is 1. The highest BCUT2D eigenvalue weighted by molar-refractivity contribution is 5.67. The molecule has 1 aromatic rings. The van der Waals surface area contributed by atoms with Gasteiger partial charge in [0, 0.05) is 0 Å². The van der Waals surface area contributed by atoms with Crippen molar-refractivity contribution in [2.24, 2.45) is 0 Å². The molecule has 0 fully saturated rings. The average molecular weight is 238 g/mol. The van der Waals surface area contributed by atoms with Crippen LogP contribution in [0.3, 0.4) is 0 Å². The fourth-order valence-corrected chi connectivity index (χ4v) is 1.56. The van der Waals surface area contributed by atoms with E-state index >= 15 is 0 Å². The first-order valence-electron chi connectivity index (χ1n) is 5.62. The van der Waals surface area contributed by atoms with Gasteiger partial charge in [-0.3, -0.25) is 0 Å². The van der Waals surface area contributed by atoms with Crippen molar-refractivity contribution in [3.05, 3.63) is 29.8 Å². The lowest BCUT2D eigenvalue weighted by Gasteiger charge is -2.27. The third-order valence-electron chi connectivity index (χ3n) is 2.52. The number of ether oxygens (including phenoxy) is 1. The van der Waals surface area contributed by atoms with Crippen LogP contribution >= 0.6 is 0 Å². The van der Waals surface area contributed by atoms with Gasteiger partial charge in [-0.2, -0.15) is 0 Å². The van der Waals surface area contributed by atoms with Crippen molar-refractivity contribution < 1.29 is 19.1 Å². The van der Waals surface area contributed by atoms with Crippen molar-refractivity contribution in [1.82, 2.24) is 0 Å². The number of carboxylic acids is 1. The van der Waals surface area contributed by atoms with Gasteiger partial charge in [-0.25, -0.2) is 4.79 Å². The molecule has 94 valence electrons. The predicted octanol–water partition coefficient (Wildman–Crippen LogP) is 1.53. The van der Waals surface area contributed by atoms with Gasteiger partial charge in [-0.05, 0) is 24.6 Å². The minimum Gasteiger partial charge on any atom is -0.488 e. The Hall–Kier alpha value is -1.55. The standard InChI is InChI=1S/C13H19NO3/c1-11-5-4-6-12(9-11)17-8-7-14(2,3)10-13(15)16/h4-6,9H,7-8,10H2,1-3H3/p+1. The Morgan fingerprint density at radius 3 is 2.71 bits per heavy atom. The van der Waals surface area contributed by atoms with Crippen molar-refractivity contribution in [3.8, 4) is 5.75 Å². The predicted molar refractivity (Wildman–Crippen MR) is 66.2 cm³/mol. The Balaban J connectivity index is 2.39. The van der Waals surface area contributed by atoms with Crippen LogP contribution in [0.5, 0.6) is 5.75 Å². The second kappa shape index (κ2) is 5.68. The molecule has 17 heavy (non-hydrogen) atoms. The van der Waals surface area contributed by atoms with Crippen molar-refractivity contribution in [2.75, 3.05) is 33.8 Å². The zero-order valence-corrected chi connectivity index (χ0v) is 10.6. The van der Waals surface area contributed by atoms with Crippen molar-refractivity contribution in [2.45, 2.75) is 6.92 Å². The molecular weight excluding hydrogens is 218 g/mol. The van der Waals surface area contributed by atoms with Crippen LogP contribution in [0, 0.1) is 6.92 Å². The molecule has 4 heteroatoms. The molecule has 0 unspecified atom stereocenters. The third-order valence-corrected chi connectivity index (χ3v) is 2.52. The van der Waals surface area contributed by atoms with Gasteiger partial charge in [0.15, 0.2) is 6.54 Å². The lowest BCUT2D eigenvalue weighted by Crippen LogP contribution is -2.46. The summed E-state index contributed by atoms with van der Waals surface area (Å²) < 4.78 is 6.01. The smallest absolute Gasteiger partial charge is 0.359 e. The Kier molecular flexibility index (Phi) is 4.52. The number of likely N-dealkylation sites (N-methyl/N-ethyl adjacent to an activating group) is 1. The van der Waals surface area contributed by atoms with E-state index in [-0.39, 0.29) is 6.54 Å². The molecule has 0 bridgehead atoms. The first-order chi connectivity index (χ1) is 7.89. The van der Waals surface area contributed by atoms with E-state index in [9.17, 15) is 4.79 Å². The van der Waals surface area contributed by atoms with Crippen LogP contribution in [0.1, 0.15) is 5.56 Å². The lowest BCUT2D eigenvalue weighted by molar-refractivity contribution is -0.883. The summed E-state index contributed by atoms with van der Waals surface area (Å²) in [5.74, 6) is 0.0471. The Morgan fingerprint density at radius 2 is 2.12 bits per heavy atom. The number of benzene rings is 1. The van der Waals surface area contributed by atoms with Crippen LogP contribution in [-0.2, 0) is 4.79 Å². The molecule has 0 aliphatic carbocycles. The minimum atomic E-state index is -0.787. The molecule has 0 heterocycles. The number of carbonyl (C=O) groups is 1. The van der Waals surface area contributed by atoms with Gasteiger partial charge in [0.25, 0.3) is 0 Å². The second-order valence-corrected chi connectivity index (χ2v) is 4.88. The Labute approximate surface area is 102 Å². The van der Waals surface area contributed by atoms with E-state index in [0.717, 1.165) is 11.3 Å². The van der Waals surface area contributed by atoms with Gasteiger partial charge < -0.3 is 14.3 Å². The Morgan fingerprint density at radius 1 is 1.41 bits per heavy atom. The molecule has 0 saturated heterocycles. The molecule has 1 N–H and O–H groups in total. The number of quaternary nitrogens is 1. The highest BCUT2D eigenvalue weighted by Gasteiger charge is 2.19. The van der Waals surface area contributed by atoms with E-state index in [2.05, 4.69) is 0 Å². The van der Waals surface area contributed by atoms with Crippen LogP contribution in [0.15, 0.2) is 24.3 Å². The summed E-state index contributed by atoms with van der Waals surface area (Å²) in [6.07, 6.45) is 0. The van der Waals surface area contributed by atoms with Crippen LogP contribution in [0.25, 0.3) is 0 Å². The molecule has 0 aromatic heterocycles. The summed E-state index contributed by atoms with van der Waals surface area (Å²) in [7, 11) is 3.77. The molecule has 1 aromatic carbocycles. The number of rotatable bonds is 6. The first kappa shape index (κ1) is 13.5. The van der Waals surface area contributed by atoms with Gasteiger partial charge in [-0.1, -0.05) is 12.1 Å².